The number of hydrogen-bond donors (Lipinski definition) is 2. The molecule has 116 valence electrons. The van der Waals surface area contributed by atoms with Crippen LogP contribution in [0.25, 0.3) is 0 Å². The maximum Gasteiger partial charge on any atom is 0.263 e. The minimum absolute atomic E-state index is 0.0507. The number of amides is 1. The van der Waals surface area contributed by atoms with E-state index in [-0.39, 0.29) is 17.9 Å². The molecule has 1 amide bonds. The van der Waals surface area contributed by atoms with Gasteiger partial charge in [0.25, 0.3) is 5.91 Å². The van der Waals surface area contributed by atoms with Crippen LogP contribution in [0.15, 0.2) is 60.6 Å². The number of carbonyl (C=O) groups excluding carboxylic acids is 1. The third-order valence-corrected chi connectivity index (χ3v) is 2.98. The molecule has 2 aromatic rings. The maximum atomic E-state index is 13.0. The van der Waals surface area contributed by atoms with Crippen molar-refractivity contribution in [2.24, 2.45) is 0 Å². The third-order valence-electron chi connectivity index (χ3n) is 2.98. The van der Waals surface area contributed by atoms with E-state index in [4.69, 9.17) is 5.26 Å². The van der Waals surface area contributed by atoms with Crippen LogP contribution in [0.4, 0.5) is 4.39 Å². The molecular weight excluding hydrogens is 295 g/mol. The SMILES string of the molecule is N#C/C(=C/NCc1cccc(F)c1)C(=O)NCc1cccnc1. The van der Waals surface area contributed by atoms with Crippen molar-refractivity contribution < 1.29 is 9.18 Å². The van der Waals surface area contributed by atoms with Gasteiger partial charge in [0.15, 0.2) is 0 Å². The second kappa shape index (κ2) is 8.29. The first-order chi connectivity index (χ1) is 11.2. The summed E-state index contributed by atoms with van der Waals surface area (Å²) in [6.45, 7) is 0.606. The summed E-state index contributed by atoms with van der Waals surface area (Å²) < 4.78 is 13.0. The Labute approximate surface area is 133 Å². The van der Waals surface area contributed by atoms with E-state index in [0.29, 0.717) is 12.1 Å². The average molecular weight is 310 g/mol. The van der Waals surface area contributed by atoms with Crippen LogP contribution in [-0.2, 0) is 17.9 Å². The van der Waals surface area contributed by atoms with Gasteiger partial charge in [-0.3, -0.25) is 9.78 Å². The van der Waals surface area contributed by atoms with E-state index in [9.17, 15) is 9.18 Å². The van der Waals surface area contributed by atoms with E-state index in [2.05, 4.69) is 15.6 Å². The lowest BCUT2D eigenvalue weighted by molar-refractivity contribution is -0.117. The van der Waals surface area contributed by atoms with Gasteiger partial charge in [-0.25, -0.2) is 4.39 Å². The Hall–Kier alpha value is -3.20. The van der Waals surface area contributed by atoms with Crippen molar-refractivity contribution in [3.05, 3.63) is 77.5 Å². The first-order valence-corrected chi connectivity index (χ1v) is 6.94. The Morgan fingerprint density at radius 2 is 2.09 bits per heavy atom. The Morgan fingerprint density at radius 1 is 1.26 bits per heavy atom. The van der Waals surface area contributed by atoms with Gasteiger partial charge in [-0.15, -0.1) is 0 Å². The van der Waals surface area contributed by atoms with Crippen molar-refractivity contribution in [1.82, 2.24) is 15.6 Å². The highest BCUT2D eigenvalue weighted by molar-refractivity contribution is 5.97. The van der Waals surface area contributed by atoms with Crippen molar-refractivity contribution in [2.75, 3.05) is 0 Å². The number of nitriles is 1. The average Bonchev–Trinajstić information content (AvgIpc) is 2.57. The molecule has 23 heavy (non-hydrogen) atoms. The van der Waals surface area contributed by atoms with Gasteiger partial charge in [-0.1, -0.05) is 18.2 Å². The third kappa shape index (κ3) is 5.25. The normalized spacial score (nSPS) is 10.7. The zero-order valence-electron chi connectivity index (χ0n) is 12.3. The molecule has 6 heteroatoms. The second-order valence-electron chi connectivity index (χ2n) is 4.72. The van der Waals surface area contributed by atoms with Crippen LogP contribution in [0.5, 0.6) is 0 Å². The first-order valence-electron chi connectivity index (χ1n) is 6.94. The largest absolute Gasteiger partial charge is 0.386 e. The number of hydrogen-bond acceptors (Lipinski definition) is 4. The van der Waals surface area contributed by atoms with Crippen molar-refractivity contribution in [3.8, 4) is 6.07 Å². The number of carbonyl (C=O) groups is 1. The summed E-state index contributed by atoms with van der Waals surface area (Å²) in [4.78, 5) is 15.9. The standard InChI is InChI=1S/C17H15FN4O/c18-16-5-1-3-13(7-16)9-21-12-15(8-19)17(23)22-11-14-4-2-6-20-10-14/h1-7,10,12,21H,9,11H2,(H,22,23)/b15-12-. The number of aromatic nitrogens is 1. The summed E-state index contributed by atoms with van der Waals surface area (Å²) in [5.41, 5.74) is 1.51. The molecule has 2 rings (SSSR count). The lowest BCUT2D eigenvalue weighted by Gasteiger charge is -2.05. The molecule has 0 aliphatic carbocycles. The molecule has 0 unspecified atom stereocenters. The van der Waals surface area contributed by atoms with Gasteiger partial charge in [0.05, 0.1) is 0 Å². The zero-order valence-corrected chi connectivity index (χ0v) is 12.3. The summed E-state index contributed by atoms with van der Waals surface area (Å²) >= 11 is 0. The van der Waals surface area contributed by atoms with Gasteiger partial charge in [-0.2, -0.15) is 5.26 Å². The van der Waals surface area contributed by atoms with Crippen LogP contribution in [-0.4, -0.2) is 10.9 Å². The Bertz CT molecular complexity index is 738. The van der Waals surface area contributed by atoms with Crippen LogP contribution in [0.3, 0.4) is 0 Å². The molecule has 0 atom stereocenters. The molecule has 5 nitrogen and oxygen atoms in total. The van der Waals surface area contributed by atoms with Crippen LogP contribution in [0.2, 0.25) is 0 Å². The van der Waals surface area contributed by atoms with Crippen LogP contribution in [0, 0.1) is 17.1 Å². The number of rotatable bonds is 6. The lowest BCUT2D eigenvalue weighted by atomic mass is 10.2. The summed E-state index contributed by atoms with van der Waals surface area (Å²) in [5.74, 6) is -0.814. The van der Waals surface area contributed by atoms with Crippen molar-refractivity contribution in [1.29, 1.82) is 5.26 Å². The summed E-state index contributed by atoms with van der Waals surface area (Å²) in [6.07, 6.45) is 4.60. The van der Waals surface area contributed by atoms with E-state index in [0.717, 1.165) is 5.56 Å². The van der Waals surface area contributed by atoms with E-state index in [1.54, 1.807) is 30.6 Å². The minimum Gasteiger partial charge on any atom is -0.386 e. The van der Waals surface area contributed by atoms with Crippen LogP contribution in [0.1, 0.15) is 11.1 Å². The molecule has 0 fully saturated rings. The highest BCUT2D eigenvalue weighted by Crippen LogP contribution is 2.03. The number of nitrogens with zero attached hydrogens (tertiary/aromatic N) is 2. The first kappa shape index (κ1) is 16.2. The van der Waals surface area contributed by atoms with Crippen LogP contribution < -0.4 is 10.6 Å². The Morgan fingerprint density at radius 3 is 2.78 bits per heavy atom. The summed E-state index contributed by atoms with van der Waals surface area (Å²) in [5, 5.41) is 14.5. The molecule has 1 heterocycles. The Balaban J connectivity index is 1.88. The Kier molecular flexibility index (Phi) is 5.83. The molecule has 0 spiro atoms. The number of halogens is 1. The number of nitrogens with one attached hydrogen (secondary N) is 2. The molecule has 0 saturated carbocycles. The molecular formula is C17H15FN4O. The predicted octanol–water partition coefficient (Wildman–Crippen LogP) is 2.03. The zero-order chi connectivity index (χ0) is 16.5. The number of pyridine rings is 1. The molecule has 2 N–H and O–H groups in total. The molecule has 0 saturated heterocycles. The van der Waals surface area contributed by atoms with E-state index in [1.807, 2.05) is 12.1 Å². The smallest absolute Gasteiger partial charge is 0.263 e. The minimum atomic E-state index is -0.483. The van der Waals surface area contributed by atoms with E-state index < -0.39 is 5.91 Å². The predicted molar refractivity (Wildman–Crippen MR) is 83.0 cm³/mol. The molecule has 1 aromatic carbocycles. The van der Waals surface area contributed by atoms with Gasteiger partial charge < -0.3 is 10.6 Å². The van der Waals surface area contributed by atoms with Crippen molar-refractivity contribution in [3.63, 3.8) is 0 Å². The topological polar surface area (TPSA) is 77.8 Å². The molecule has 0 aliphatic heterocycles. The van der Waals surface area contributed by atoms with Gasteiger partial charge in [-0.05, 0) is 29.3 Å². The van der Waals surface area contributed by atoms with E-state index >= 15 is 0 Å². The van der Waals surface area contributed by atoms with Gasteiger partial charge in [0.2, 0.25) is 0 Å². The molecule has 0 aliphatic rings. The van der Waals surface area contributed by atoms with Gasteiger partial charge >= 0.3 is 0 Å². The molecule has 0 bridgehead atoms. The fraction of sp³-hybridized carbons (Fsp3) is 0.118. The fourth-order valence-corrected chi connectivity index (χ4v) is 1.85. The highest BCUT2D eigenvalue weighted by atomic mass is 19.1. The maximum absolute atomic E-state index is 13.0. The number of benzene rings is 1. The summed E-state index contributed by atoms with van der Waals surface area (Å²) in [6, 6.07) is 11.5. The second-order valence-corrected chi connectivity index (χ2v) is 4.72. The van der Waals surface area contributed by atoms with Crippen LogP contribution >= 0.6 is 0 Å². The molecule has 1 aromatic heterocycles. The van der Waals surface area contributed by atoms with Crippen molar-refractivity contribution >= 4 is 5.91 Å². The van der Waals surface area contributed by atoms with Crippen molar-refractivity contribution in [2.45, 2.75) is 13.1 Å². The molecule has 0 radical (unpaired) electrons. The lowest BCUT2D eigenvalue weighted by Crippen LogP contribution is -2.25. The monoisotopic (exact) mass is 310 g/mol. The summed E-state index contributed by atoms with van der Waals surface area (Å²) in [7, 11) is 0. The van der Waals surface area contributed by atoms with Gasteiger partial charge in [0.1, 0.15) is 17.5 Å². The quantitative estimate of drug-likeness (QED) is 0.632. The highest BCUT2D eigenvalue weighted by Gasteiger charge is 2.08. The van der Waals surface area contributed by atoms with E-state index in [1.165, 1.54) is 18.3 Å². The fourth-order valence-electron chi connectivity index (χ4n) is 1.85. The van der Waals surface area contributed by atoms with Gasteiger partial charge in [0, 0.05) is 31.7 Å².